The highest BCUT2D eigenvalue weighted by molar-refractivity contribution is 5.75. The predicted octanol–water partition coefficient (Wildman–Crippen LogP) is 0.222. The van der Waals surface area contributed by atoms with Gasteiger partial charge in [-0.2, -0.15) is 0 Å². The van der Waals surface area contributed by atoms with Crippen molar-refractivity contribution in [1.82, 2.24) is 0 Å². The van der Waals surface area contributed by atoms with E-state index in [4.69, 9.17) is 15.2 Å². The fraction of sp³-hybridized carbons (Fsp3) is 0.667. The van der Waals surface area contributed by atoms with E-state index < -0.39 is 6.04 Å². The minimum atomic E-state index is -0.585. The lowest BCUT2D eigenvalue weighted by Gasteiger charge is -2.13. The van der Waals surface area contributed by atoms with E-state index in [9.17, 15) is 4.79 Å². The maximum Gasteiger partial charge on any atom is 0.323 e. The Morgan fingerprint density at radius 2 is 2.62 bits per heavy atom. The van der Waals surface area contributed by atoms with Crippen LogP contribution in [0.5, 0.6) is 0 Å². The van der Waals surface area contributed by atoms with E-state index >= 15 is 0 Å². The quantitative estimate of drug-likeness (QED) is 0.503. The van der Waals surface area contributed by atoms with Crippen molar-refractivity contribution in [3.05, 3.63) is 12.7 Å². The smallest absolute Gasteiger partial charge is 0.323 e. The zero-order valence-electron chi connectivity index (χ0n) is 7.57. The molecule has 13 heavy (non-hydrogen) atoms. The molecule has 0 aromatic heterocycles. The average molecular weight is 185 g/mol. The van der Waals surface area contributed by atoms with Crippen LogP contribution in [0.3, 0.4) is 0 Å². The number of nitrogens with two attached hydrogens (primary N) is 1. The molecule has 4 nitrogen and oxygen atoms in total. The summed E-state index contributed by atoms with van der Waals surface area (Å²) in [4.78, 5) is 11.2. The van der Waals surface area contributed by atoms with Crippen molar-refractivity contribution in [3.8, 4) is 0 Å². The fourth-order valence-corrected chi connectivity index (χ4v) is 1.13. The van der Waals surface area contributed by atoms with Crippen molar-refractivity contribution in [1.29, 1.82) is 0 Å². The molecule has 1 fully saturated rings. The summed E-state index contributed by atoms with van der Waals surface area (Å²) in [7, 11) is 0. The second kappa shape index (κ2) is 4.99. The van der Waals surface area contributed by atoms with Crippen molar-refractivity contribution >= 4 is 5.97 Å². The van der Waals surface area contributed by atoms with E-state index in [1.165, 1.54) is 0 Å². The molecular formula is C9H15NO3. The summed E-state index contributed by atoms with van der Waals surface area (Å²) < 4.78 is 10.1. The Morgan fingerprint density at radius 1 is 1.85 bits per heavy atom. The summed E-state index contributed by atoms with van der Waals surface area (Å²) in [5, 5.41) is 0. The number of esters is 1. The first-order valence-electron chi connectivity index (χ1n) is 4.38. The van der Waals surface area contributed by atoms with Gasteiger partial charge in [-0.15, -0.1) is 6.58 Å². The van der Waals surface area contributed by atoms with Crippen LogP contribution >= 0.6 is 0 Å². The van der Waals surface area contributed by atoms with E-state index in [2.05, 4.69) is 6.58 Å². The van der Waals surface area contributed by atoms with Crippen LogP contribution in [0.1, 0.15) is 12.8 Å². The van der Waals surface area contributed by atoms with E-state index in [1.54, 1.807) is 6.08 Å². The normalized spacial score (nSPS) is 23.9. The summed E-state index contributed by atoms with van der Waals surface area (Å²) in [6, 6.07) is -0.585. The highest BCUT2D eigenvalue weighted by Gasteiger charge is 2.22. The summed E-state index contributed by atoms with van der Waals surface area (Å²) in [6.45, 7) is 4.66. The summed E-state index contributed by atoms with van der Waals surface area (Å²) in [5.41, 5.74) is 5.52. The minimum absolute atomic E-state index is 0.108. The van der Waals surface area contributed by atoms with Crippen LogP contribution in [-0.4, -0.2) is 31.3 Å². The number of hydrogen-bond acceptors (Lipinski definition) is 4. The van der Waals surface area contributed by atoms with Crippen LogP contribution in [0.25, 0.3) is 0 Å². The van der Waals surface area contributed by atoms with Crippen LogP contribution in [0, 0.1) is 0 Å². The predicted molar refractivity (Wildman–Crippen MR) is 48.1 cm³/mol. The molecule has 0 amide bonds. The Hall–Kier alpha value is -0.870. The Labute approximate surface area is 77.7 Å². The van der Waals surface area contributed by atoms with Gasteiger partial charge in [-0.25, -0.2) is 0 Å². The lowest BCUT2D eigenvalue weighted by molar-refractivity contribution is -0.150. The molecule has 0 saturated carbocycles. The molecule has 1 rings (SSSR count). The van der Waals surface area contributed by atoms with Crippen molar-refractivity contribution in [3.63, 3.8) is 0 Å². The zero-order chi connectivity index (χ0) is 9.68. The molecule has 2 N–H and O–H groups in total. The SMILES string of the molecule is C=CCC(N)C(=O)OC1CCOC1. The lowest BCUT2D eigenvalue weighted by Crippen LogP contribution is -2.34. The van der Waals surface area contributed by atoms with Crippen LogP contribution in [-0.2, 0) is 14.3 Å². The molecule has 1 aliphatic heterocycles. The number of ether oxygens (including phenoxy) is 2. The van der Waals surface area contributed by atoms with E-state index in [1.807, 2.05) is 0 Å². The van der Waals surface area contributed by atoms with Gasteiger partial charge >= 0.3 is 5.97 Å². The van der Waals surface area contributed by atoms with Gasteiger partial charge in [0.15, 0.2) is 0 Å². The van der Waals surface area contributed by atoms with Crippen molar-refractivity contribution in [2.75, 3.05) is 13.2 Å². The van der Waals surface area contributed by atoms with Crippen LogP contribution in [0.4, 0.5) is 0 Å². The van der Waals surface area contributed by atoms with Gasteiger partial charge in [0, 0.05) is 6.42 Å². The third kappa shape index (κ3) is 3.16. The summed E-state index contributed by atoms with van der Waals surface area (Å²) in [5.74, 6) is -0.365. The summed E-state index contributed by atoms with van der Waals surface area (Å²) >= 11 is 0. The van der Waals surface area contributed by atoms with E-state index in [0.29, 0.717) is 19.6 Å². The third-order valence-electron chi connectivity index (χ3n) is 1.89. The lowest BCUT2D eigenvalue weighted by atomic mass is 10.2. The van der Waals surface area contributed by atoms with Gasteiger partial charge in [-0.3, -0.25) is 4.79 Å². The number of carbonyl (C=O) groups excluding carboxylic acids is 1. The van der Waals surface area contributed by atoms with Crippen molar-refractivity contribution in [2.45, 2.75) is 25.0 Å². The maximum absolute atomic E-state index is 11.2. The molecule has 74 valence electrons. The van der Waals surface area contributed by atoms with Crippen LogP contribution in [0.15, 0.2) is 12.7 Å². The van der Waals surface area contributed by atoms with Gasteiger partial charge < -0.3 is 15.2 Å². The summed E-state index contributed by atoms with van der Waals surface area (Å²) in [6.07, 6.45) is 2.72. The molecule has 0 aliphatic carbocycles. The molecule has 2 unspecified atom stereocenters. The van der Waals surface area contributed by atoms with Crippen molar-refractivity contribution in [2.24, 2.45) is 5.73 Å². The van der Waals surface area contributed by atoms with Gasteiger partial charge in [0.2, 0.25) is 0 Å². The molecule has 1 saturated heterocycles. The Kier molecular flexibility index (Phi) is 3.92. The van der Waals surface area contributed by atoms with Gasteiger partial charge in [0.1, 0.15) is 12.1 Å². The fourth-order valence-electron chi connectivity index (χ4n) is 1.13. The molecular weight excluding hydrogens is 170 g/mol. The van der Waals surface area contributed by atoms with Gasteiger partial charge in [-0.05, 0) is 6.42 Å². The van der Waals surface area contributed by atoms with Crippen LogP contribution < -0.4 is 5.73 Å². The Bertz CT molecular complexity index is 187. The number of rotatable bonds is 4. The molecule has 0 spiro atoms. The first-order chi connectivity index (χ1) is 6.24. The number of carbonyl (C=O) groups is 1. The Balaban J connectivity index is 2.26. The highest BCUT2D eigenvalue weighted by atomic mass is 16.6. The van der Waals surface area contributed by atoms with Gasteiger partial charge in [0.05, 0.1) is 13.2 Å². The Morgan fingerprint density at radius 3 is 3.15 bits per heavy atom. The molecule has 4 heteroatoms. The molecule has 0 aromatic carbocycles. The van der Waals surface area contributed by atoms with Crippen molar-refractivity contribution < 1.29 is 14.3 Å². The molecule has 1 aliphatic rings. The second-order valence-electron chi connectivity index (χ2n) is 3.05. The minimum Gasteiger partial charge on any atom is -0.459 e. The highest BCUT2D eigenvalue weighted by Crippen LogP contribution is 2.09. The van der Waals surface area contributed by atoms with Crippen LogP contribution in [0.2, 0.25) is 0 Å². The molecule has 0 aromatic rings. The average Bonchev–Trinajstić information content (AvgIpc) is 2.57. The second-order valence-corrected chi connectivity index (χ2v) is 3.05. The van der Waals surface area contributed by atoms with E-state index in [-0.39, 0.29) is 12.1 Å². The topological polar surface area (TPSA) is 61.6 Å². The maximum atomic E-state index is 11.2. The molecule has 1 heterocycles. The first kappa shape index (κ1) is 10.2. The monoisotopic (exact) mass is 185 g/mol. The zero-order valence-corrected chi connectivity index (χ0v) is 7.57. The largest absolute Gasteiger partial charge is 0.459 e. The van der Waals surface area contributed by atoms with E-state index in [0.717, 1.165) is 6.42 Å². The molecule has 0 radical (unpaired) electrons. The van der Waals surface area contributed by atoms with Gasteiger partial charge in [0.25, 0.3) is 0 Å². The molecule has 2 atom stereocenters. The third-order valence-corrected chi connectivity index (χ3v) is 1.89. The number of hydrogen-bond donors (Lipinski definition) is 1. The molecule has 0 bridgehead atoms. The first-order valence-corrected chi connectivity index (χ1v) is 4.38. The van der Waals surface area contributed by atoms with Gasteiger partial charge in [-0.1, -0.05) is 6.08 Å². The standard InChI is InChI=1S/C9H15NO3/c1-2-3-8(10)9(11)13-7-4-5-12-6-7/h2,7-8H,1,3-6,10H2.